The highest BCUT2D eigenvalue weighted by Crippen LogP contribution is 2.55. The molecule has 144 valence electrons. The quantitative estimate of drug-likeness (QED) is 0.229. The second-order valence-electron chi connectivity index (χ2n) is 10.8. The van der Waals surface area contributed by atoms with Crippen LogP contribution in [0.15, 0.2) is 48.5 Å². The van der Waals surface area contributed by atoms with Gasteiger partial charge in [-0.3, -0.25) is 0 Å². The van der Waals surface area contributed by atoms with Gasteiger partial charge in [-0.05, 0) is 135 Å². The maximum atomic E-state index is 2.53. The lowest BCUT2D eigenvalue weighted by atomic mass is 9.94. The van der Waals surface area contributed by atoms with Crippen molar-refractivity contribution in [3.05, 3.63) is 93.0 Å². The van der Waals surface area contributed by atoms with Gasteiger partial charge in [0, 0.05) is 0 Å². The maximum Gasteiger partial charge on any atom is -0.0000451 e. The van der Waals surface area contributed by atoms with Gasteiger partial charge in [-0.15, -0.1) is 0 Å². The third kappa shape index (κ3) is 1.21. The molecule has 32 heavy (non-hydrogen) atoms. The Bertz CT molecular complexity index is 1860. The van der Waals surface area contributed by atoms with Crippen LogP contribution < -0.4 is 0 Å². The molecule has 0 N–H and O–H groups in total. The summed E-state index contributed by atoms with van der Waals surface area (Å²) in [5, 5.41) is 18.5. The Kier molecular flexibility index (Phi) is 1.83. The van der Waals surface area contributed by atoms with Gasteiger partial charge < -0.3 is 0 Å². The number of hydrogen-bond donors (Lipinski definition) is 0. The molecule has 0 saturated carbocycles. The molecular weight excluding hydrogens is 384 g/mol. The Labute approximate surface area is 183 Å². The van der Waals surface area contributed by atoms with Crippen LogP contribution in [0.5, 0.6) is 0 Å². The monoisotopic (exact) mass is 400 g/mol. The van der Waals surface area contributed by atoms with E-state index in [4.69, 9.17) is 0 Å². The zero-order chi connectivity index (χ0) is 20.0. The molecule has 0 radical (unpaired) electrons. The third-order valence-electron chi connectivity index (χ3n) is 9.53. The van der Waals surface area contributed by atoms with Gasteiger partial charge in [0.05, 0.1) is 0 Å². The normalized spacial score (nSPS) is 16.2. The van der Waals surface area contributed by atoms with E-state index in [0.717, 1.165) is 25.7 Å². The Morgan fingerprint density at radius 2 is 0.594 bits per heavy atom. The van der Waals surface area contributed by atoms with Crippen molar-refractivity contribution in [2.45, 2.75) is 25.7 Å². The minimum Gasteiger partial charge on any atom is -0.0537 e. The first kappa shape index (κ1) is 14.4. The van der Waals surface area contributed by atoms with Crippen LogP contribution in [0.25, 0.3) is 64.6 Å². The largest absolute Gasteiger partial charge is 0.0537 e. The van der Waals surface area contributed by atoms with Crippen LogP contribution in [0.1, 0.15) is 44.5 Å². The lowest BCUT2D eigenvalue weighted by Gasteiger charge is -2.09. The molecule has 0 fully saturated rings. The molecule has 11 rings (SSSR count). The van der Waals surface area contributed by atoms with Crippen molar-refractivity contribution in [3.63, 3.8) is 0 Å². The maximum absolute atomic E-state index is 2.53. The molecule has 0 aliphatic heterocycles. The van der Waals surface area contributed by atoms with Crippen LogP contribution in [0.3, 0.4) is 0 Å². The smallest absolute Gasteiger partial charge is 0.0000451 e. The summed E-state index contributed by atoms with van der Waals surface area (Å²) >= 11 is 0. The van der Waals surface area contributed by atoms with Crippen LogP contribution in [-0.4, -0.2) is 0 Å². The summed E-state index contributed by atoms with van der Waals surface area (Å²) in [6.07, 6.45) is 4.41. The van der Waals surface area contributed by atoms with Crippen LogP contribution >= 0.6 is 0 Å². The fraction of sp³-hybridized carbons (Fsp3) is 0.125. The summed E-state index contributed by atoms with van der Waals surface area (Å²) in [4.78, 5) is 0. The average Bonchev–Trinajstić information content (AvgIpc) is 3.53. The number of rotatable bonds is 0. The highest BCUT2D eigenvalue weighted by atomic mass is 14.4. The van der Waals surface area contributed by atoms with Gasteiger partial charge in [0.25, 0.3) is 0 Å². The minimum atomic E-state index is 1.09. The van der Waals surface area contributed by atoms with Crippen molar-refractivity contribution in [2.75, 3.05) is 0 Å². The molecule has 0 amide bonds. The van der Waals surface area contributed by atoms with Gasteiger partial charge in [-0.1, -0.05) is 48.5 Å². The molecule has 0 atom stereocenters. The van der Waals surface area contributed by atoms with Gasteiger partial charge in [0.15, 0.2) is 0 Å². The zero-order valence-corrected chi connectivity index (χ0v) is 17.4. The van der Waals surface area contributed by atoms with Crippen molar-refractivity contribution >= 4 is 64.6 Å². The second kappa shape index (κ2) is 4.07. The predicted octanol–water partition coefficient (Wildman–Crippen LogP) is 7.66. The van der Waals surface area contributed by atoms with Gasteiger partial charge in [0.2, 0.25) is 0 Å². The fourth-order valence-electron chi connectivity index (χ4n) is 8.64. The molecule has 12 bridgehead atoms. The highest BCUT2D eigenvalue weighted by molar-refractivity contribution is 6.28. The molecule has 0 saturated heterocycles. The first-order valence-electron chi connectivity index (χ1n) is 12.0. The van der Waals surface area contributed by atoms with Crippen LogP contribution in [-0.2, 0) is 25.7 Å². The second-order valence-corrected chi connectivity index (χ2v) is 10.8. The molecule has 4 aliphatic carbocycles. The van der Waals surface area contributed by atoms with Gasteiger partial charge in [-0.2, -0.15) is 0 Å². The number of hydrogen-bond acceptors (Lipinski definition) is 0. The van der Waals surface area contributed by atoms with Crippen molar-refractivity contribution in [1.29, 1.82) is 0 Å². The molecule has 0 heterocycles. The van der Waals surface area contributed by atoms with E-state index in [1.54, 1.807) is 87.6 Å². The molecule has 0 aromatic heterocycles. The Hall–Kier alpha value is -3.64. The van der Waals surface area contributed by atoms with Gasteiger partial charge in [0.1, 0.15) is 0 Å². The van der Waals surface area contributed by atoms with E-state index in [1.165, 1.54) is 21.5 Å². The lowest BCUT2D eigenvalue weighted by Crippen LogP contribution is -1.91. The van der Waals surface area contributed by atoms with Crippen LogP contribution in [0.4, 0.5) is 0 Å². The van der Waals surface area contributed by atoms with Gasteiger partial charge >= 0.3 is 0 Å². The van der Waals surface area contributed by atoms with Gasteiger partial charge in [-0.25, -0.2) is 0 Å². The van der Waals surface area contributed by atoms with E-state index in [1.807, 2.05) is 0 Å². The topological polar surface area (TPSA) is 0 Å². The van der Waals surface area contributed by atoms with Crippen LogP contribution in [0, 0.1) is 0 Å². The highest BCUT2D eigenvalue weighted by Gasteiger charge is 2.34. The molecule has 0 heteroatoms. The molecule has 0 unspecified atom stereocenters. The average molecular weight is 400 g/mol. The molecule has 0 nitrogen and oxygen atoms in total. The van der Waals surface area contributed by atoms with E-state index in [-0.39, 0.29) is 0 Å². The molecule has 4 aliphatic rings. The van der Waals surface area contributed by atoms with E-state index in [9.17, 15) is 0 Å². The summed E-state index contributed by atoms with van der Waals surface area (Å²) in [5.41, 5.74) is 12.8. The van der Waals surface area contributed by atoms with Crippen LogP contribution in [0.2, 0.25) is 0 Å². The first-order chi connectivity index (χ1) is 15.8. The van der Waals surface area contributed by atoms with Crippen molar-refractivity contribution < 1.29 is 0 Å². The van der Waals surface area contributed by atoms with E-state index in [2.05, 4.69) is 48.5 Å². The number of benzene rings is 6. The Morgan fingerprint density at radius 1 is 0.312 bits per heavy atom. The minimum absolute atomic E-state index is 1.09. The lowest BCUT2D eigenvalue weighted by molar-refractivity contribution is 1.25. The predicted molar refractivity (Wildman–Crippen MR) is 134 cm³/mol. The van der Waals surface area contributed by atoms with E-state index < -0.39 is 0 Å². The molecule has 7 aromatic rings. The SMILES string of the molecule is c1cc2cc3c4c5c2c2c(c6c(cc12)Cc1cc2ccc7cc(c4c4c7c2c(c16)C4)C3)C5. The Balaban J connectivity index is 1.64. The van der Waals surface area contributed by atoms with Crippen molar-refractivity contribution in [2.24, 2.45) is 0 Å². The summed E-state index contributed by atoms with van der Waals surface area (Å²) in [5.74, 6) is 0. The summed E-state index contributed by atoms with van der Waals surface area (Å²) in [6.45, 7) is 0. The van der Waals surface area contributed by atoms with Crippen molar-refractivity contribution in [1.82, 2.24) is 0 Å². The third-order valence-corrected chi connectivity index (χ3v) is 9.53. The summed E-state index contributed by atoms with van der Waals surface area (Å²) in [6, 6.07) is 19.7. The Morgan fingerprint density at radius 3 is 0.875 bits per heavy atom. The van der Waals surface area contributed by atoms with E-state index >= 15 is 0 Å². The molecule has 7 aromatic carbocycles. The fourth-order valence-corrected chi connectivity index (χ4v) is 8.64. The molecule has 0 spiro atoms. The van der Waals surface area contributed by atoms with Crippen molar-refractivity contribution in [3.8, 4) is 0 Å². The standard InChI is InChI=1S/C32H16/c1-2-14-6-18-10-20-8-16-4-3-15-7-19-9-17-5-13(1)25-21-11-22(26(14)25)30(18)32(20)24-12-23(27(15)28(16)24)31(19)29(17)21/h1-8H,9-12H2. The summed E-state index contributed by atoms with van der Waals surface area (Å²) < 4.78 is 0. The first-order valence-corrected chi connectivity index (χ1v) is 12.0. The molecular formula is C32H16. The van der Waals surface area contributed by atoms with E-state index in [0.29, 0.717) is 0 Å². The summed E-state index contributed by atoms with van der Waals surface area (Å²) in [7, 11) is 0. The zero-order valence-electron chi connectivity index (χ0n) is 17.4.